The number of fused-ring (bicyclic) bond motifs is 3. The third kappa shape index (κ3) is 6.50. The lowest BCUT2D eigenvalue weighted by Gasteiger charge is -2.26. The average molecular weight is 649 g/mol. The van der Waals surface area contributed by atoms with Crippen molar-refractivity contribution in [3.63, 3.8) is 0 Å². The predicted octanol–water partition coefficient (Wildman–Crippen LogP) is 6.57. The number of ether oxygens (including phenoxy) is 4. The van der Waals surface area contributed by atoms with Crippen LogP contribution in [0.25, 0.3) is 32.8 Å². The normalized spacial score (nSPS) is 16.0. The van der Waals surface area contributed by atoms with E-state index in [2.05, 4.69) is 63.5 Å². The molecule has 0 bridgehead atoms. The molecule has 0 unspecified atom stereocenters. The molecule has 250 valence electrons. The number of allylic oxidation sites excluding steroid dienone is 1. The summed E-state index contributed by atoms with van der Waals surface area (Å²) in [6.07, 6.45) is 5.51. The number of benzene rings is 3. The number of carbonyl (C=O) groups is 1. The van der Waals surface area contributed by atoms with Gasteiger partial charge >= 0.3 is 5.97 Å². The molecule has 2 aliphatic heterocycles. The molecule has 0 spiro atoms. The lowest BCUT2D eigenvalue weighted by molar-refractivity contribution is 0.0358. The van der Waals surface area contributed by atoms with Gasteiger partial charge in [-0.25, -0.2) is 4.79 Å². The number of para-hydroxylation sites is 1. The van der Waals surface area contributed by atoms with Crippen molar-refractivity contribution in [2.45, 2.75) is 46.4 Å². The molecule has 9 nitrogen and oxygen atoms in total. The fraction of sp³-hybridized carbons (Fsp3) is 0.385. The molecule has 3 aromatic carbocycles. The van der Waals surface area contributed by atoms with Crippen molar-refractivity contribution in [3.05, 3.63) is 95.5 Å². The van der Waals surface area contributed by atoms with E-state index in [-0.39, 0.29) is 5.97 Å². The van der Waals surface area contributed by atoms with Crippen molar-refractivity contribution >= 4 is 27.6 Å². The maximum Gasteiger partial charge on any atom is 0.355 e. The molecule has 5 aromatic rings. The van der Waals surface area contributed by atoms with E-state index in [0.717, 1.165) is 101 Å². The number of hydrogen-bond donors (Lipinski definition) is 0. The van der Waals surface area contributed by atoms with Crippen molar-refractivity contribution in [3.8, 4) is 16.9 Å². The molecule has 1 fully saturated rings. The van der Waals surface area contributed by atoms with Gasteiger partial charge in [-0.3, -0.25) is 9.58 Å². The van der Waals surface area contributed by atoms with E-state index in [0.29, 0.717) is 45.1 Å². The maximum absolute atomic E-state index is 13.8. The van der Waals surface area contributed by atoms with Gasteiger partial charge in [-0.15, -0.1) is 0 Å². The van der Waals surface area contributed by atoms with Gasteiger partial charge in [0.05, 0.1) is 57.4 Å². The van der Waals surface area contributed by atoms with Crippen LogP contribution in [0.1, 0.15) is 40.8 Å². The number of rotatable bonds is 10. The second-order valence-corrected chi connectivity index (χ2v) is 12.4. The Morgan fingerprint density at radius 1 is 0.938 bits per heavy atom. The summed E-state index contributed by atoms with van der Waals surface area (Å²) in [6, 6.07) is 20.8. The van der Waals surface area contributed by atoms with E-state index in [4.69, 9.17) is 24.0 Å². The fourth-order valence-electron chi connectivity index (χ4n) is 7.11. The van der Waals surface area contributed by atoms with Gasteiger partial charge in [-0.2, -0.15) is 5.10 Å². The van der Waals surface area contributed by atoms with Crippen LogP contribution in [0.15, 0.2) is 72.8 Å². The van der Waals surface area contributed by atoms with Crippen LogP contribution in [0.2, 0.25) is 0 Å². The van der Waals surface area contributed by atoms with E-state index in [1.54, 1.807) is 0 Å². The van der Waals surface area contributed by atoms with Crippen molar-refractivity contribution in [1.82, 2.24) is 19.2 Å². The molecular weight excluding hydrogens is 604 g/mol. The fourth-order valence-corrected chi connectivity index (χ4v) is 7.11. The zero-order valence-corrected chi connectivity index (χ0v) is 28.0. The third-order valence-electron chi connectivity index (χ3n) is 9.42. The number of hydrogen-bond acceptors (Lipinski definition) is 7. The first-order chi connectivity index (χ1) is 23.6. The summed E-state index contributed by atoms with van der Waals surface area (Å²) in [5.41, 5.74) is 6.75. The minimum Gasteiger partial charge on any atom is -0.493 e. The maximum atomic E-state index is 13.8. The third-order valence-corrected chi connectivity index (χ3v) is 9.42. The molecule has 1 saturated heterocycles. The molecule has 0 radical (unpaired) electrons. The van der Waals surface area contributed by atoms with Gasteiger partial charge in [-0.1, -0.05) is 66.7 Å². The zero-order chi connectivity index (χ0) is 32.9. The Bertz CT molecular complexity index is 1930. The van der Waals surface area contributed by atoms with Gasteiger partial charge in [0.1, 0.15) is 11.4 Å². The van der Waals surface area contributed by atoms with Crippen molar-refractivity contribution in [2.75, 3.05) is 52.7 Å². The van der Waals surface area contributed by atoms with Gasteiger partial charge < -0.3 is 23.5 Å². The molecule has 0 atom stereocenters. The van der Waals surface area contributed by atoms with Gasteiger partial charge in [0, 0.05) is 53.8 Å². The first kappa shape index (κ1) is 32.1. The number of carbonyl (C=O) groups excluding carboxylic acids is 1. The van der Waals surface area contributed by atoms with Crippen LogP contribution in [0, 0.1) is 6.92 Å². The quantitative estimate of drug-likeness (QED) is 0.0963. The summed E-state index contributed by atoms with van der Waals surface area (Å²) in [5, 5.41) is 8.41. The first-order valence-corrected chi connectivity index (χ1v) is 17.1. The van der Waals surface area contributed by atoms with Crippen LogP contribution in [0.4, 0.5) is 0 Å². The topological polar surface area (TPSA) is 80.0 Å². The average Bonchev–Trinajstić information content (AvgIpc) is 3.59. The van der Waals surface area contributed by atoms with Crippen LogP contribution in [-0.2, 0) is 40.3 Å². The Morgan fingerprint density at radius 3 is 2.62 bits per heavy atom. The number of morpholine rings is 1. The summed E-state index contributed by atoms with van der Waals surface area (Å²) in [5.74, 6) is 0.571. The molecule has 2 aromatic heterocycles. The Balaban J connectivity index is 1.26. The highest BCUT2D eigenvalue weighted by molar-refractivity contribution is 6.05. The van der Waals surface area contributed by atoms with E-state index in [1.807, 2.05) is 37.3 Å². The van der Waals surface area contributed by atoms with Gasteiger partial charge in [0.25, 0.3) is 0 Å². The molecular formula is C39H44N4O5. The van der Waals surface area contributed by atoms with Gasteiger partial charge in [0.2, 0.25) is 0 Å². The monoisotopic (exact) mass is 648 g/mol. The van der Waals surface area contributed by atoms with Gasteiger partial charge in [0.15, 0.2) is 0 Å². The summed E-state index contributed by atoms with van der Waals surface area (Å²) in [6.45, 7) is 11.3. The van der Waals surface area contributed by atoms with E-state index < -0.39 is 0 Å². The van der Waals surface area contributed by atoms with Crippen LogP contribution in [0.3, 0.4) is 0 Å². The highest BCUT2D eigenvalue weighted by atomic mass is 16.5. The molecule has 48 heavy (non-hydrogen) atoms. The molecule has 0 N–H and O–H groups in total. The Morgan fingerprint density at radius 2 is 1.75 bits per heavy atom. The number of nitrogens with zero attached hydrogens (tertiary/aromatic N) is 4. The standard InChI is InChI=1S/C39H44N4O5/c1-3-47-39(44)38-32(16-10-24-48-35-17-8-12-29-11-4-5-13-30(29)35)31-14-9-15-33-36-28(2)43(20-19-41-21-25-45-26-22-41)40-34(36)27-46-23-7-6-18-42(38)37(31)33/h4-9,11-15,17H,3,10,16,18-27H2,1-2H3/b7-6-. The van der Waals surface area contributed by atoms with E-state index in [9.17, 15) is 4.79 Å². The van der Waals surface area contributed by atoms with E-state index in [1.165, 1.54) is 0 Å². The molecule has 0 aliphatic carbocycles. The molecule has 7 rings (SSSR count). The second kappa shape index (κ2) is 14.8. The Kier molecular flexibility index (Phi) is 9.88. The summed E-state index contributed by atoms with van der Waals surface area (Å²) in [4.78, 5) is 16.2. The summed E-state index contributed by atoms with van der Waals surface area (Å²) < 4.78 is 27.9. The number of esters is 1. The molecule has 2 aliphatic rings. The zero-order valence-electron chi connectivity index (χ0n) is 28.0. The van der Waals surface area contributed by atoms with Crippen LogP contribution in [-0.4, -0.2) is 77.9 Å². The SMILES string of the molecule is CCOC(=O)c1c(CCCOc2cccc3ccccc23)c2cccc3c2n1C/C=C\COCc1nn(CCN2CCOCC2)c(C)c1-3. The number of aryl methyl sites for hydroxylation is 1. The van der Waals surface area contributed by atoms with E-state index >= 15 is 0 Å². The van der Waals surface area contributed by atoms with Crippen LogP contribution in [0.5, 0.6) is 5.75 Å². The predicted molar refractivity (Wildman–Crippen MR) is 188 cm³/mol. The first-order valence-electron chi connectivity index (χ1n) is 17.1. The van der Waals surface area contributed by atoms with Crippen molar-refractivity contribution in [2.24, 2.45) is 0 Å². The van der Waals surface area contributed by atoms with Crippen molar-refractivity contribution in [1.29, 1.82) is 0 Å². The molecule has 0 saturated carbocycles. The second-order valence-electron chi connectivity index (χ2n) is 12.4. The van der Waals surface area contributed by atoms with Crippen LogP contribution >= 0.6 is 0 Å². The molecule has 0 amide bonds. The lowest BCUT2D eigenvalue weighted by atomic mass is 9.98. The smallest absolute Gasteiger partial charge is 0.355 e. The largest absolute Gasteiger partial charge is 0.493 e. The summed E-state index contributed by atoms with van der Waals surface area (Å²) in [7, 11) is 0. The Labute approximate surface area is 281 Å². The lowest BCUT2D eigenvalue weighted by Crippen LogP contribution is -2.38. The minimum atomic E-state index is -0.303. The molecule has 4 heterocycles. The minimum absolute atomic E-state index is 0.303. The Hall–Kier alpha value is -4.44. The highest BCUT2D eigenvalue weighted by Gasteiger charge is 2.28. The van der Waals surface area contributed by atoms with Gasteiger partial charge in [-0.05, 0) is 43.7 Å². The molecule has 9 heteroatoms. The van der Waals surface area contributed by atoms with Crippen LogP contribution < -0.4 is 4.74 Å². The summed E-state index contributed by atoms with van der Waals surface area (Å²) >= 11 is 0. The van der Waals surface area contributed by atoms with Crippen molar-refractivity contribution < 1.29 is 23.7 Å². The number of aromatic nitrogens is 3. The highest BCUT2D eigenvalue weighted by Crippen LogP contribution is 2.39.